The van der Waals surface area contributed by atoms with Crippen LogP contribution >= 0.6 is 0 Å². The smallest absolute Gasteiger partial charge is 0.261 e. The molecule has 4 nitrogen and oxygen atoms in total. The van der Waals surface area contributed by atoms with Crippen LogP contribution in [0.15, 0.2) is 18.2 Å². The van der Waals surface area contributed by atoms with Crippen LogP contribution in [0.3, 0.4) is 0 Å². The summed E-state index contributed by atoms with van der Waals surface area (Å²) in [5.74, 6) is 0.0577. The first-order chi connectivity index (χ1) is 8.58. The fourth-order valence-corrected chi connectivity index (χ4v) is 2.50. The molecule has 1 unspecified atom stereocenters. The van der Waals surface area contributed by atoms with Gasteiger partial charge < -0.3 is 20.1 Å². The van der Waals surface area contributed by atoms with E-state index in [4.69, 9.17) is 4.74 Å². The number of nitrogens with zero attached hydrogens (tertiary/aromatic N) is 1. The van der Waals surface area contributed by atoms with E-state index < -0.39 is 18.3 Å². The molecule has 18 heavy (non-hydrogen) atoms. The summed E-state index contributed by atoms with van der Waals surface area (Å²) < 4.78 is 31.7. The Morgan fingerprint density at radius 2 is 2.22 bits per heavy atom. The van der Waals surface area contributed by atoms with Crippen molar-refractivity contribution in [3.05, 3.63) is 18.2 Å². The molecule has 3 rings (SSSR count). The molecule has 1 aliphatic heterocycles. The number of halogens is 2. The van der Waals surface area contributed by atoms with Crippen molar-refractivity contribution in [1.29, 1.82) is 0 Å². The van der Waals surface area contributed by atoms with Crippen LogP contribution in [0.25, 0.3) is 0 Å². The number of methoxy groups -OCH3 is 1. The first kappa shape index (κ1) is 11.5. The van der Waals surface area contributed by atoms with Crippen molar-refractivity contribution in [3.63, 3.8) is 0 Å². The molecular formula is C12H14F2N2O2. The molecule has 2 N–H and O–H groups in total. The van der Waals surface area contributed by atoms with Gasteiger partial charge in [-0.3, -0.25) is 0 Å². The molecule has 1 atom stereocenters. The zero-order chi connectivity index (χ0) is 12.9. The molecule has 1 heterocycles. The van der Waals surface area contributed by atoms with E-state index >= 15 is 0 Å². The third-order valence-corrected chi connectivity index (χ3v) is 3.63. The molecule has 0 spiro atoms. The number of fused-ring (bicyclic) bond motifs is 1. The van der Waals surface area contributed by atoms with Crippen molar-refractivity contribution in [2.75, 3.05) is 17.3 Å². The summed E-state index contributed by atoms with van der Waals surface area (Å²) in [6.45, 7) is 0. The van der Waals surface area contributed by atoms with Crippen molar-refractivity contribution in [1.82, 2.24) is 0 Å². The Morgan fingerprint density at radius 1 is 1.50 bits per heavy atom. The molecule has 1 aromatic rings. The number of phenolic OH excluding ortho intramolecular Hbond substituents is 1. The molecule has 0 saturated heterocycles. The minimum absolute atomic E-state index is 0.0577. The molecule has 1 aromatic carbocycles. The van der Waals surface area contributed by atoms with Crippen LogP contribution in [0, 0.1) is 0 Å². The van der Waals surface area contributed by atoms with Crippen molar-refractivity contribution >= 4 is 11.4 Å². The zero-order valence-corrected chi connectivity index (χ0v) is 9.86. The number of alkyl halides is 2. The van der Waals surface area contributed by atoms with E-state index in [1.54, 1.807) is 11.0 Å². The number of hydrogen-bond acceptors (Lipinski definition) is 4. The SMILES string of the molecule is COC1Nc2ccc(O)cc2N1C1(C(F)F)CC1. The Labute approximate surface area is 103 Å². The fourth-order valence-electron chi connectivity index (χ4n) is 2.50. The molecule has 6 heteroatoms. The van der Waals surface area contributed by atoms with Crippen LogP contribution in [-0.4, -0.2) is 30.5 Å². The molecule has 2 aliphatic rings. The standard InChI is InChI=1S/C12H14F2N2O2/c1-18-11-15-8-3-2-7(17)6-9(8)16(11)12(4-5-12)10(13)14/h2-3,6,10-11,15,17H,4-5H2,1H3. The van der Waals surface area contributed by atoms with Crippen LogP contribution in [0.5, 0.6) is 5.75 Å². The minimum Gasteiger partial charge on any atom is -0.508 e. The Hall–Kier alpha value is -1.56. The maximum absolute atomic E-state index is 13.2. The topological polar surface area (TPSA) is 44.7 Å². The number of benzene rings is 1. The second-order valence-electron chi connectivity index (χ2n) is 4.71. The normalized spacial score (nSPS) is 24.0. The van der Waals surface area contributed by atoms with Crippen molar-refractivity contribution in [2.45, 2.75) is 31.2 Å². The third kappa shape index (κ3) is 1.45. The van der Waals surface area contributed by atoms with E-state index in [-0.39, 0.29) is 5.75 Å². The Morgan fingerprint density at radius 3 is 2.78 bits per heavy atom. The number of nitrogens with one attached hydrogen (secondary N) is 1. The monoisotopic (exact) mass is 256 g/mol. The van der Waals surface area contributed by atoms with Gasteiger partial charge in [-0.15, -0.1) is 0 Å². The lowest BCUT2D eigenvalue weighted by molar-refractivity contribution is 0.0578. The second kappa shape index (κ2) is 3.71. The van der Waals surface area contributed by atoms with Gasteiger partial charge in [0.25, 0.3) is 6.43 Å². The summed E-state index contributed by atoms with van der Waals surface area (Å²) in [4.78, 5) is 1.55. The van der Waals surface area contributed by atoms with Gasteiger partial charge >= 0.3 is 0 Å². The highest BCUT2D eigenvalue weighted by atomic mass is 19.3. The maximum atomic E-state index is 13.2. The maximum Gasteiger partial charge on any atom is 0.261 e. The quantitative estimate of drug-likeness (QED) is 0.815. The predicted molar refractivity (Wildman–Crippen MR) is 63.0 cm³/mol. The minimum atomic E-state index is -2.44. The number of rotatable bonds is 3. The first-order valence-corrected chi connectivity index (χ1v) is 5.78. The van der Waals surface area contributed by atoms with Crippen molar-refractivity contribution in [3.8, 4) is 5.75 Å². The van der Waals surface area contributed by atoms with Crippen molar-refractivity contribution < 1.29 is 18.6 Å². The highest BCUT2D eigenvalue weighted by Crippen LogP contribution is 2.53. The van der Waals surface area contributed by atoms with E-state index in [9.17, 15) is 13.9 Å². The number of aromatic hydroxyl groups is 1. The largest absolute Gasteiger partial charge is 0.508 e. The molecule has 1 aliphatic carbocycles. The van der Waals surface area contributed by atoms with Gasteiger partial charge in [0.15, 0.2) is 0 Å². The van der Waals surface area contributed by atoms with E-state index in [1.807, 2.05) is 0 Å². The lowest BCUT2D eigenvalue weighted by atomic mass is 10.2. The number of phenols is 1. The van der Waals surface area contributed by atoms with Gasteiger partial charge in [0, 0.05) is 13.2 Å². The Bertz CT molecular complexity index is 477. The lowest BCUT2D eigenvalue weighted by Crippen LogP contribution is -2.50. The van der Waals surface area contributed by atoms with Gasteiger partial charge in [-0.1, -0.05) is 0 Å². The molecule has 1 saturated carbocycles. The molecule has 1 fully saturated rings. The van der Waals surface area contributed by atoms with E-state index in [0.717, 1.165) is 0 Å². The zero-order valence-electron chi connectivity index (χ0n) is 9.86. The van der Waals surface area contributed by atoms with Crippen LogP contribution in [0.1, 0.15) is 12.8 Å². The molecule has 98 valence electrons. The van der Waals surface area contributed by atoms with E-state index in [0.29, 0.717) is 24.2 Å². The molecular weight excluding hydrogens is 242 g/mol. The predicted octanol–water partition coefficient (Wildman–Crippen LogP) is 2.35. The first-order valence-electron chi connectivity index (χ1n) is 5.78. The summed E-state index contributed by atoms with van der Waals surface area (Å²) >= 11 is 0. The molecule has 0 amide bonds. The van der Waals surface area contributed by atoms with Crippen molar-refractivity contribution in [2.24, 2.45) is 0 Å². The third-order valence-electron chi connectivity index (χ3n) is 3.63. The lowest BCUT2D eigenvalue weighted by Gasteiger charge is -2.33. The van der Waals surface area contributed by atoms with Gasteiger partial charge in [0.05, 0.1) is 11.4 Å². The van der Waals surface area contributed by atoms with Gasteiger partial charge in [0.2, 0.25) is 6.35 Å². The second-order valence-corrected chi connectivity index (χ2v) is 4.71. The molecule has 0 radical (unpaired) electrons. The molecule has 0 aromatic heterocycles. The van der Waals surface area contributed by atoms with Gasteiger partial charge in [-0.25, -0.2) is 8.78 Å². The summed E-state index contributed by atoms with van der Waals surface area (Å²) in [7, 11) is 1.47. The fraction of sp³-hybridized carbons (Fsp3) is 0.500. The van der Waals surface area contributed by atoms with Gasteiger partial charge in [-0.2, -0.15) is 0 Å². The Kier molecular flexibility index (Phi) is 2.38. The molecule has 0 bridgehead atoms. The highest BCUT2D eigenvalue weighted by Gasteiger charge is 2.59. The van der Waals surface area contributed by atoms with Gasteiger partial charge in [-0.05, 0) is 25.0 Å². The van der Waals surface area contributed by atoms with Crippen LogP contribution in [-0.2, 0) is 4.74 Å². The average Bonchev–Trinajstić information content (AvgIpc) is 3.06. The average molecular weight is 256 g/mol. The van der Waals surface area contributed by atoms with E-state index in [1.165, 1.54) is 19.2 Å². The van der Waals surface area contributed by atoms with E-state index in [2.05, 4.69) is 5.32 Å². The van der Waals surface area contributed by atoms with Crippen LogP contribution in [0.4, 0.5) is 20.2 Å². The Balaban J connectivity index is 2.05. The number of ether oxygens (including phenoxy) is 1. The number of hydrogen-bond donors (Lipinski definition) is 2. The van der Waals surface area contributed by atoms with Crippen LogP contribution < -0.4 is 10.2 Å². The number of anilines is 2. The summed E-state index contributed by atoms with van der Waals surface area (Å²) in [6.07, 6.45) is -2.19. The van der Waals surface area contributed by atoms with Crippen LogP contribution in [0.2, 0.25) is 0 Å². The highest BCUT2D eigenvalue weighted by molar-refractivity contribution is 5.78. The van der Waals surface area contributed by atoms with Gasteiger partial charge in [0.1, 0.15) is 11.3 Å². The summed E-state index contributed by atoms with van der Waals surface area (Å²) in [5.41, 5.74) is 0.110. The summed E-state index contributed by atoms with van der Waals surface area (Å²) in [6, 6.07) is 4.67. The summed E-state index contributed by atoms with van der Waals surface area (Å²) in [5, 5.41) is 12.5.